The Morgan fingerprint density at radius 1 is 1.14 bits per heavy atom. The third-order valence-corrected chi connectivity index (χ3v) is 2.10. The Labute approximate surface area is 113 Å². The molecule has 0 saturated carbocycles. The minimum atomic E-state index is -5.44. The van der Waals surface area contributed by atoms with E-state index >= 15 is 0 Å². The second kappa shape index (κ2) is 5.66. The molecule has 0 aliphatic carbocycles. The van der Waals surface area contributed by atoms with Gasteiger partial charge in [-0.1, -0.05) is 0 Å². The molecule has 1 aromatic heterocycles. The number of nitrogens with zero attached hydrogens (tertiary/aromatic N) is 1. The van der Waals surface area contributed by atoms with Gasteiger partial charge in [-0.25, -0.2) is 9.78 Å². The number of esters is 1. The largest absolute Gasteiger partial charge is 0.573 e. The molecule has 0 saturated heterocycles. The predicted octanol–water partition coefficient (Wildman–Crippen LogP) is 2.79. The SMILES string of the molecule is COC(=O)c1cnc(OC)c(OC(F)(F)F)c1C(F)(F)F. The topological polar surface area (TPSA) is 57.7 Å². The van der Waals surface area contributed by atoms with Crippen LogP contribution in [0.15, 0.2) is 6.20 Å². The van der Waals surface area contributed by atoms with Crippen LogP contribution in [0.25, 0.3) is 0 Å². The Bertz CT molecular complexity index is 540. The molecule has 11 heteroatoms. The second-order valence-corrected chi connectivity index (χ2v) is 3.42. The van der Waals surface area contributed by atoms with Crippen LogP contribution in [0, 0.1) is 0 Å². The minimum Gasteiger partial charge on any atom is -0.478 e. The summed E-state index contributed by atoms with van der Waals surface area (Å²) < 4.78 is 87.3. The van der Waals surface area contributed by atoms with Crippen LogP contribution >= 0.6 is 0 Å². The van der Waals surface area contributed by atoms with Crippen molar-refractivity contribution in [2.24, 2.45) is 0 Å². The van der Waals surface area contributed by atoms with E-state index in [4.69, 9.17) is 0 Å². The molecule has 1 aromatic rings. The van der Waals surface area contributed by atoms with Crippen molar-refractivity contribution >= 4 is 5.97 Å². The Hall–Kier alpha value is -2.20. The summed E-state index contributed by atoms with van der Waals surface area (Å²) in [7, 11) is 1.56. The Morgan fingerprint density at radius 2 is 1.71 bits per heavy atom. The van der Waals surface area contributed by atoms with E-state index in [0.29, 0.717) is 6.20 Å². The first kappa shape index (κ1) is 16.9. The van der Waals surface area contributed by atoms with E-state index in [9.17, 15) is 31.1 Å². The molecule has 0 amide bonds. The van der Waals surface area contributed by atoms with E-state index < -0.39 is 41.3 Å². The number of rotatable bonds is 3. The second-order valence-electron chi connectivity index (χ2n) is 3.42. The van der Waals surface area contributed by atoms with Gasteiger partial charge in [-0.3, -0.25) is 0 Å². The zero-order valence-electron chi connectivity index (χ0n) is 10.4. The lowest BCUT2D eigenvalue weighted by atomic mass is 10.1. The zero-order chi connectivity index (χ0) is 16.4. The number of aromatic nitrogens is 1. The van der Waals surface area contributed by atoms with Gasteiger partial charge in [-0.2, -0.15) is 13.2 Å². The molecule has 21 heavy (non-hydrogen) atoms. The summed E-state index contributed by atoms with van der Waals surface area (Å²) in [5, 5.41) is 0. The van der Waals surface area contributed by atoms with Gasteiger partial charge in [0.2, 0.25) is 5.75 Å². The van der Waals surface area contributed by atoms with Crippen molar-refractivity contribution in [3.8, 4) is 11.6 Å². The summed E-state index contributed by atoms with van der Waals surface area (Å²) in [6, 6.07) is 0. The molecule has 0 aromatic carbocycles. The number of pyridine rings is 1. The molecule has 0 N–H and O–H groups in total. The number of halogens is 6. The van der Waals surface area contributed by atoms with Gasteiger partial charge in [0.15, 0.2) is 0 Å². The smallest absolute Gasteiger partial charge is 0.478 e. The average molecular weight is 319 g/mol. The van der Waals surface area contributed by atoms with Crippen molar-refractivity contribution in [2.75, 3.05) is 14.2 Å². The highest BCUT2D eigenvalue weighted by molar-refractivity contribution is 5.92. The molecule has 0 fully saturated rings. The Morgan fingerprint density at radius 3 is 2.10 bits per heavy atom. The first-order valence-corrected chi connectivity index (χ1v) is 4.99. The highest BCUT2D eigenvalue weighted by Gasteiger charge is 2.45. The zero-order valence-corrected chi connectivity index (χ0v) is 10.4. The van der Waals surface area contributed by atoms with Gasteiger partial charge < -0.3 is 14.2 Å². The van der Waals surface area contributed by atoms with E-state index in [-0.39, 0.29) is 0 Å². The molecule has 5 nitrogen and oxygen atoms in total. The van der Waals surface area contributed by atoms with Crippen LogP contribution in [-0.2, 0) is 10.9 Å². The number of hydrogen-bond acceptors (Lipinski definition) is 5. The van der Waals surface area contributed by atoms with E-state index in [0.717, 1.165) is 14.2 Å². The van der Waals surface area contributed by atoms with Crippen LogP contribution in [-0.4, -0.2) is 31.5 Å². The molecule has 1 heterocycles. The molecule has 0 spiro atoms. The summed E-state index contributed by atoms with van der Waals surface area (Å²) >= 11 is 0. The fraction of sp³-hybridized carbons (Fsp3) is 0.400. The lowest BCUT2D eigenvalue weighted by Crippen LogP contribution is -2.23. The Balaban J connectivity index is 3.66. The van der Waals surface area contributed by atoms with Gasteiger partial charge in [0.1, 0.15) is 5.56 Å². The van der Waals surface area contributed by atoms with Crippen molar-refractivity contribution in [1.29, 1.82) is 0 Å². The fourth-order valence-corrected chi connectivity index (χ4v) is 1.38. The van der Waals surface area contributed by atoms with Crippen molar-refractivity contribution in [2.45, 2.75) is 12.5 Å². The minimum absolute atomic E-state index is 0.386. The Kier molecular flexibility index (Phi) is 4.54. The number of hydrogen-bond donors (Lipinski definition) is 0. The van der Waals surface area contributed by atoms with Crippen molar-refractivity contribution in [3.05, 3.63) is 17.3 Å². The van der Waals surface area contributed by atoms with Crippen molar-refractivity contribution in [1.82, 2.24) is 4.98 Å². The molecule has 0 radical (unpaired) electrons. The van der Waals surface area contributed by atoms with Crippen LogP contribution in [0.3, 0.4) is 0 Å². The summed E-state index contributed by atoms with van der Waals surface area (Å²) in [6.07, 6.45) is -10.4. The maximum Gasteiger partial charge on any atom is 0.573 e. The molecule has 118 valence electrons. The molecule has 0 aliphatic heterocycles. The van der Waals surface area contributed by atoms with E-state index in [1.807, 2.05) is 0 Å². The molecule has 0 atom stereocenters. The van der Waals surface area contributed by atoms with Gasteiger partial charge in [0, 0.05) is 6.20 Å². The van der Waals surface area contributed by atoms with Crippen molar-refractivity contribution in [3.63, 3.8) is 0 Å². The molecule has 1 rings (SSSR count). The van der Waals surface area contributed by atoms with Crippen LogP contribution in [0.2, 0.25) is 0 Å². The van der Waals surface area contributed by atoms with Crippen LogP contribution in [0.1, 0.15) is 15.9 Å². The van der Waals surface area contributed by atoms with E-state index in [1.54, 1.807) is 0 Å². The first-order valence-electron chi connectivity index (χ1n) is 4.99. The molecule has 0 unspecified atom stereocenters. The van der Waals surface area contributed by atoms with Crippen LogP contribution < -0.4 is 9.47 Å². The third-order valence-electron chi connectivity index (χ3n) is 2.10. The predicted molar refractivity (Wildman–Crippen MR) is 53.8 cm³/mol. The quantitative estimate of drug-likeness (QED) is 0.633. The van der Waals surface area contributed by atoms with Gasteiger partial charge >= 0.3 is 18.5 Å². The van der Waals surface area contributed by atoms with Crippen LogP contribution in [0.4, 0.5) is 26.3 Å². The van der Waals surface area contributed by atoms with Crippen molar-refractivity contribution < 1.29 is 45.3 Å². The summed E-state index contributed by atoms with van der Waals surface area (Å²) in [5.41, 5.74) is -3.22. The maximum atomic E-state index is 13.0. The van der Waals surface area contributed by atoms with Gasteiger partial charge in [0.25, 0.3) is 5.88 Å². The molecular weight excluding hydrogens is 312 g/mol. The number of alkyl halides is 6. The lowest BCUT2D eigenvalue weighted by molar-refractivity contribution is -0.276. The summed E-state index contributed by atoms with van der Waals surface area (Å²) in [5.74, 6) is -4.36. The maximum absolute atomic E-state index is 13.0. The van der Waals surface area contributed by atoms with Gasteiger partial charge in [-0.05, 0) is 0 Å². The standard InChI is InChI=1S/C10H7F6NO4/c1-19-7-6(21-10(14,15)16)5(9(11,12)13)4(3-17-7)8(18)20-2/h3H,1-2H3. The number of carbonyl (C=O) groups is 1. The number of carbonyl (C=O) groups excluding carboxylic acids is 1. The first-order chi connectivity index (χ1) is 9.51. The average Bonchev–Trinajstić information content (AvgIpc) is 2.33. The van der Waals surface area contributed by atoms with Gasteiger partial charge in [0.05, 0.1) is 19.8 Å². The fourth-order valence-electron chi connectivity index (χ4n) is 1.38. The van der Waals surface area contributed by atoms with E-state index in [1.165, 1.54) is 0 Å². The summed E-state index contributed by atoms with van der Waals surface area (Å²) in [4.78, 5) is 14.4. The normalized spacial score (nSPS) is 12.0. The molecular formula is C10H7F6NO4. The number of ether oxygens (including phenoxy) is 3. The van der Waals surface area contributed by atoms with E-state index in [2.05, 4.69) is 19.2 Å². The summed E-state index contributed by atoms with van der Waals surface area (Å²) in [6.45, 7) is 0. The lowest BCUT2D eigenvalue weighted by Gasteiger charge is -2.19. The molecule has 0 bridgehead atoms. The highest BCUT2D eigenvalue weighted by atomic mass is 19.4. The molecule has 0 aliphatic rings. The monoisotopic (exact) mass is 319 g/mol. The number of methoxy groups -OCH3 is 2. The highest BCUT2D eigenvalue weighted by Crippen LogP contribution is 2.44. The van der Waals surface area contributed by atoms with Gasteiger partial charge in [-0.15, -0.1) is 13.2 Å². The third kappa shape index (κ3) is 3.89. The van der Waals surface area contributed by atoms with Crippen LogP contribution in [0.5, 0.6) is 11.6 Å².